The molecule has 0 heterocycles. The Bertz CT molecular complexity index is 813. The summed E-state index contributed by atoms with van der Waals surface area (Å²) in [6, 6.07) is 7.35. The molecule has 2 N–H and O–H groups in total. The number of hydrogen-bond acceptors (Lipinski definition) is 4. The summed E-state index contributed by atoms with van der Waals surface area (Å²) in [6.45, 7) is 8.12. The van der Waals surface area contributed by atoms with Gasteiger partial charge in [-0.25, -0.2) is 0 Å². The molecule has 0 aromatic heterocycles. The number of rotatable bonds is 12. The van der Waals surface area contributed by atoms with E-state index in [-0.39, 0.29) is 25.4 Å². The number of hydrogen-bond donors (Lipinski definition) is 2. The van der Waals surface area contributed by atoms with Crippen LogP contribution < -0.4 is 9.47 Å². The maximum atomic E-state index is 9.01. The van der Waals surface area contributed by atoms with Crippen molar-refractivity contribution < 1.29 is 19.7 Å². The summed E-state index contributed by atoms with van der Waals surface area (Å²) in [6.07, 6.45) is 2.42. The van der Waals surface area contributed by atoms with Crippen LogP contribution in [0.4, 0.5) is 0 Å². The maximum absolute atomic E-state index is 9.01. The van der Waals surface area contributed by atoms with Gasteiger partial charge in [-0.05, 0) is 74.9 Å². The zero-order chi connectivity index (χ0) is 24.8. The SMILES string of the molecule is CC(CCCO)Oc1c(Cl)cc(C(C)(C)c2cc(Cl)c(OC(C)CCCO)c(Cl)c2)cc1Cl. The molecule has 2 aromatic rings. The average Bonchev–Trinajstić information content (AvgIpc) is 2.75. The number of aliphatic hydroxyl groups excluding tert-OH is 2. The number of benzene rings is 2. The van der Waals surface area contributed by atoms with Crippen molar-refractivity contribution in [2.24, 2.45) is 0 Å². The number of halogens is 4. The monoisotopic (exact) mass is 536 g/mol. The molecule has 2 rings (SSSR count). The van der Waals surface area contributed by atoms with Crippen LogP contribution in [0.2, 0.25) is 20.1 Å². The first-order valence-electron chi connectivity index (χ1n) is 11.0. The first-order valence-corrected chi connectivity index (χ1v) is 12.6. The summed E-state index contributed by atoms with van der Waals surface area (Å²) in [5.74, 6) is 0.861. The number of ether oxygens (including phenoxy) is 2. The first kappa shape index (κ1) is 28.4. The van der Waals surface area contributed by atoms with E-state index in [9.17, 15) is 0 Å². The van der Waals surface area contributed by atoms with Crippen molar-refractivity contribution in [1.29, 1.82) is 0 Å². The predicted molar refractivity (Wildman–Crippen MR) is 138 cm³/mol. The van der Waals surface area contributed by atoms with E-state index in [1.54, 1.807) is 0 Å². The van der Waals surface area contributed by atoms with E-state index in [0.717, 1.165) is 11.1 Å². The molecule has 8 heteroatoms. The summed E-state index contributed by atoms with van der Waals surface area (Å²) in [4.78, 5) is 0. The molecule has 33 heavy (non-hydrogen) atoms. The maximum Gasteiger partial charge on any atom is 0.156 e. The van der Waals surface area contributed by atoms with Crippen LogP contribution in [0.25, 0.3) is 0 Å². The molecule has 0 aliphatic heterocycles. The molecule has 4 nitrogen and oxygen atoms in total. The molecular formula is C25H32Cl4O4. The largest absolute Gasteiger partial charge is 0.488 e. The van der Waals surface area contributed by atoms with Gasteiger partial charge in [0.05, 0.1) is 32.3 Å². The van der Waals surface area contributed by atoms with E-state index in [1.165, 1.54) is 0 Å². The highest BCUT2D eigenvalue weighted by Crippen LogP contribution is 2.44. The Kier molecular flexibility index (Phi) is 10.9. The topological polar surface area (TPSA) is 58.9 Å². The fourth-order valence-corrected chi connectivity index (χ4v) is 4.66. The molecule has 0 radical (unpaired) electrons. The minimum absolute atomic E-state index is 0.110. The molecule has 0 bridgehead atoms. The van der Waals surface area contributed by atoms with Crippen molar-refractivity contribution in [1.82, 2.24) is 0 Å². The molecular weight excluding hydrogens is 506 g/mol. The van der Waals surface area contributed by atoms with Crippen molar-refractivity contribution in [2.75, 3.05) is 13.2 Å². The quantitative estimate of drug-likeness (QED) is 0.291. The Hall–Kier alpha value is -0.880. The van der Waals surface area contributed by atoms with Gasteiger partial charge in [-0.1, -0.05) is 60.3 Å². The van der Waals surface area contributed by atoms with Crippen molar-refractivity contribution >= 4 is 46.4 Å². The summed E-state index contributed by atoms with van der Waals surface area (Å²) in [5, 5.41) is 19.7. The van der Waals surface area contributed by atoms with Crippen molar-refractivity contribution in [3.8, 4) is 11.5 Å². The summed E-state index contributed by atoms with van der Waals surface area (Å²) < 4.78 is 11.8. The van der Waals surface area contributed by atoms with Crippen LogP contribution in [0.1, 0.15) is 64.5 Å². The van der Waals surface area contributed by atoms with Gasteiger partial charge in [0.2, 0.25) is 0 Å². The summed E-state index contributed by atoms with van der Waals surface area (Å²) in [5.41, 5.74) is 1.25. The lowest BCUT2D eigenvalue weighted by Gasteiger charge is -2.29. The van der Waals surface area contributed by atoms with E-state index in [4.69, 9.17) is 66.1 Å². The Morgan fingerprint density at radius 3 is 1.27 bits per heavy atom. The van der Waals surface area contributed by atoms with Gasteiger partial charge in [-0.3, -0.25) is 0 Å². The van der Waals surface area contributed by atoms with Gasteiger partial charge in [0.25, 0.3) is 0 Å². The highest BCUT2D eigenvalue weighted by atomic mass is 35.5. The Labute approximate surface area is 216 Å². The third-order valence-corrected chi connectivity index (χ3v) is 6.74. The fourth-order valence-electron chi connectivity index (χ4n) is 3.51. The normalized spacial score (nSPS) is 13.6. The van der Waals surface area contributed by atoms with Crippen LogP contribution >= 0.6 is 46.4 Å². The lowest BCUT2D eigenvalue weighted by atomic mass is 9.78. The van der Waals surface area contributed by atoms with Crippen LogP contribution in [0.15, 0.2) is 24.3 Å². The minimum Gasteiger partial charge on any atom is -0.488 e. The van der Waals surface area contributed by atoms with Crippen molar-refractivity contribution in [2.45, 2.75) is 71.0 Å². The van der Waals surface area contributed by atoms with Gasteiger partial charge in [0, 0.05) is 18.6 Å². The molecule has 0 fully saturated rings. The van der Waals surface area contributed by atoms with E-state index < -0.39 is 5.41 Å². The Balaban J connectivity index is 2.32. The van der Waals surface area contributed by atoms with E-state index in [0.29, 0.717) is 57.3 Å². The van der Waals surface area contributed by atoms with E-state index in [2.05, 4.69) is 0 Å². The zero-order valence-electron chi connectivity index (χ0n) is 19.4. The van der Waals surface area contributed by atoms with Crippen LogP contribution in [-0.4, -0.2) is 35.6 Å². The third-order valence-electron chi connectivity index (χ3n) is 5.62. The van der Waals surface area contributed by atoms with Gasteiger partial charge in [-0.15, -0.1) is 0 Å². The second kappa shape index (κ2) is 12.7. The second-order valence-electron chi connectivity index (χ2n) is 8.75. The summed E-state index contributed by atoms with van der Waals surface area (Å²) in [7, 11) is 0. The lowest BCUT2D eigenvalue weighted by Crippen LogP contribution is -2.20. The molecule has 0 amide bonds. The molecule has 0 aliphatic rings. The second-order valence-corrected chi connectivity index (χ2v) is 10.4. The molecule has 0 aliphatic carbocycles. The summed E-state index contributed by atoms with van der Waals surface area (Å²) >= 11 is 26.2. The van der Waals surface area contributed by atoms with Crippen molar-refractivity contribution in [3.63, 3.8) is 0 Å². The van der Waals surface area contributed by atoms with E-state index in [1.807, 2.05) is 52.0 Å². The van der Waals surface area contributed by atoms with Crippen LogP contribution in [-0.2, 0) is 5.41 Å². The standard InChI is InChI=1S/C25H32Cl4O4/c1-15(7-5-9-30)32-23-19(26)11-17(12-20(23)27)25(3,4)18-13-21(28)24(22(29)14-18)33-16(2)8-6-10-31/h11-16,30-31H,5-10H2,1-4H3. The van der Waals surface area contributed by atoms with E-state index >= 15 is 0 Å². The van der Waals surface area contributed by atoms with Gasteiger partial charge >= 0.3 is 0 Å². The van der Waals surface area contributed by atoms with Crippen molar-refractivity contribution in [3.05, 3.63) is 55.5 Å². The minimum atomic E-state index is -0.511. The van der Waals surface area contributed by atoms with Crippen LogP contribution in [0.3, 0.4) is 0 Å². The van der Waals surface area contributed by atoms with Gasteiger partial charge in [0.15, 0.2) is 11.5 Å². The van der Waals surface area contributed by atoms with Gasteiger partial charge < -0.3 is 19.7 Å². The average molecular weight is 538 g/mol. The highest BCUT2D eigenvalue weighted by Gasteiger charge is 2.28. The molecule has 0 saturated heterocycles. The molecule has 2 unspecified atom stereocenters. The first-order chi connectivity index (χ1) is 15.5. The van der Waals surface area contributed by atoms with Gasteiger partial charge in [0.1, 0.15) is 0 Å². The predicted octanol–water partition coefficient (Wildman–Crippen LogP) is 7.71. The molecule has 2 aromatic carbocycles. The Morgan fingerprint density at radius 2 is 1.00 bits per heavy atom. The molecule has 184 valence electrons. The molecule has 0 spiro atoms. The fraction of sp³-hybridized carbons (Fsp3) is 0.520. The molecule has 0 saturated carbocycles. The zero-order valence-corrected chi connectivity index (χ0v) is 22.5. The van der Waals surface area contributed by atoms with Crippen LogP contribution in [0, 0.1) is 0 Å². The van der Waals surface area contributed by atoms with Gasteiger partial charge in [-0.2, -0.15) is 0 Å². The third kappa shape index (κ3) is 7.55. The number of aliphatic hydroxyl groups is 2. The Morgan fingerprint density at radius 1 is 0.697 bits per heavy atom. The highest BCUT2D eigenvalue weighted by molar-refractivity contribution is 6.38. The van der Waals surface area contributed by atoms with Crippen LogP contribution in [0.5, 0.6) is 11.5 Å². The molecule has 2 atom stereocenters. The smallest absolute Gasteiger partial charge is 0.156 e. The lowest BCUT2D eigenvalue weighted by molar-refractivity contribution is 0.189.